The quantitative estimate of drug-likeness (QED) is 0.500. The lowest BCUT2D eigenvalue weighted by Crippen LogP contribution is -2.63. The Bertz CT molecular complexity index is 559. The van der Waals surface area contributed by atoms with E-state index < -0.39 is 35.6 Å². The molecule has 0 unspecified atom stereocenters. The van der Waals surface area contributed by atoms with Crippen molar-refractivity contribution in [2.45, 2.75) is 82.4 Å². The number of ether oxygens (including phenoxy) is 4. The molecule has 2 saturated heterocycles. The van der Waals surface area contributed by atoms with Gasteiger partial charge >= 0.3 is 35.6 Å². The van der Waals surface area contributed by atoms with E-state index in [0.29, 0.717) is 25.7 Å². The van der Waals surface area contributed by atoms with Gasteiger partial charge in [0.15, 0.2) is 0 Å². The highest BCUT2D eigenvalue weighted by molar-refractivity contribution is 5.75. The minimum atomic E-state index is -3.13. The maximum Gasteiger partial charge on any atom is 0.456 e. The molecule has 2 aliphatic heterocycles. The van der Waals surface area contributed by atoms with Crippen molar-refractivity contribution in [1.82, 2.24) is 0 Å². The van der Waals surface area contributed by atoms with Crippen LogP contribution in [0.4, 0.5) is 0 Å². The normalized spacial score (nSPS) is 23.4. The summed E-state index contributed by atoms with van der Waals surface area (Å²) in [7, 11) is 0. The topological polar surface area (TPSA) is 146 Å². The van der Waals surface area contributed by atoms with Gasteiger partial charge in [0.25, 0.3) is 0 Å². The molecule has 0 bridgehead atoms. The fourth-order valence-electron chi connectivity index (χ4n) is 3.01. The lowest BCUT2D eigenvalue weighted by atomic mass is 10.1. The van der Waals surface area contributed by atoms with E-state index in [1.807, 2.05) is 0 Å². The predicted molar refractivity (Wildman–Crippen MR) is 89.9 cm³/mol. The number of hydrogen-bond donors (Lipinski definition) is 2. The van der Waals surface area contributed by atoms with Crippen LogP contribution in [-0.2, 0) is 38.1 Å². The van der Waals surface area contributed by atoms with E-state index in [1.54, 1.807) is 0 Å². The van der Waals surface area contributed by atoms with Crippen LogP contribution in [-0.4, -0.2) is 52.5 Å². The summed E-state index contributed by atoms with van der Waals surface area (Å²) in [6.07, 6.45) is 1.05. The van der Waals surface area contributed by atoms with Crippen LogP contribution in [0.2, 0.25) is 0 Å². The van der Waals surface area contributed by atoms with Gasteiger partial charge in [0.2, 0.25) is 0 Å². The Morgan fingerprint density at radius 2 is 1.07 bits per heavy atom. The molecule has 10 heteroatoms. The number of cyclic esters (lactones) is 4. The number of carbonyl (C=O) groups excluding carboxylic acids is 4. The van der Waals surface area contributed by atoms with Crippen LogP contribution in [0.3, 0.4) is 0 Å². The van der Waals surface area contributed by atoms with Crippen LogP contribution < -0.4 is 0 Å². The third-order valence-corrected chi connectivity index (χ3v) is 4.48. The van der Waals surface area contributed by atoms with Crippen LogP contribution in [0, 0.1) is 0 Å². The maximum absolute atomic E-state index is 12.3. The van der Waals surface area contributed by atoms with Gasteiger partial charge in [-0.15, -0.1) is 0 Å². The monoisotopic (exact) mass is 402 g/mol. The van der Waals surface area contributed by atoms with Crippen molar-refractivity contribution in [2.75, 3.05) is 6.61 Å². The molecule has 2 heterocycles. The van der Waals surface area contributed by atoms with Crippen molar-refractivity contribution in [2.24, 2.45) is 0 Å². The molecule has 2 aliphatic rings. The second-order valence-electron chi connectivity index (χ2n) is 6.83. The first-order valence-electron chi connectivity index (χ1n) is 9.51. The Kier molecular flexibility index (Phi) is 7.76. The van der Waals surface area contributed by atoms with Gasteiger partial charge in [-0.25, -0.2) is 0 Å². The zero-order valence-corrected chi connectivity index (χ0v) is 15.6. The lowest BCUT2D eigenvalue weighted by Gasteiger charge is -2.41. The number of unbranched alkanes of at least 4 members (excludes halogenated alkanes) is 1. The Balaban J connectivity index is 2.47. The number of aliphatic hydroxyl groups excluding tert-OH is 1. The van der Waals surface area contributed by atoms with Crippen LogP contribution in [0.15, 0.2) is 0 Å². The summed E-state index contributed by atoms with van der Waals surface area (Å²) in [4.78, 5) is 48.7. The molecule has 0 amide bonds. The van der Waals surface area contributed by atoms with Crippen molar-refractivity contribution in [3.8, 4) is 0 Å². The van der Waals surface area contributed by atoms with Gasteiger partial charge in [-0.1, -0.05) is 0 Å². The largest absolute Gasteiger partial charge is 0.456 e. The molecular formula is C18H26O10. The van der Waals surface area contributed by atoms with E-state index in [0.717, 1.165) is 0 Å². The fourth-order valence-corrected chi connectivity index (χ4v) is 3.01. The Morgan fingerprint density at radius 3 is 1.46 bits per heavy atom. The zero-order chi connectivity index (χ0) is 20.6. The molecule has 0 spiro atoms. The summed E-state index contributed by atoms with van der Waals surface area (Å²) in [6, 6.07) is 0. The van der Waals surface area contributed by atoms with Crippen LogP contribution in [0.5, 0.6) is 0 Å². The minimum absolute atomic E-state index is 0.0592. The first-order chi connectivity index (χ1) is 13.3. The number of esters is 4. The van der Waals surface area contributed by atoms with E-state index in [1.165, 1.54) is 0 Å². The van der Waals surface area contributed by atoms with E-state index in [9.17, 15) is 24.3 Å². The van der Waals surface area contributed by atoms with E-state index in [4.69, 9.17) is 24.1 Å². The number of carbonyl (C=O) groups is 4. The molecule has 0 aromatic rings. The number of aliphatic hydroxyl groups is 2. The predicted octanol–water partition coefficient (Wildman–Crippen LogP) is 0.812. The second kappa shape index (κ2) is 9.83. The highest BCUT2D eigenvalue weighted by atomic mass is 16.9. The van der Waals surface area contributed by atoms with Crippen molar-refractivity contribution < 1.29 is 48.3 Å². The molecule has 2 N–H and O–H groups in total. The zero-order valence-electron chi connectivity index (χ0n) is 15.6. The number of rotatable bonds is 5. The maximum atomic E-state index is 12.3. The molecule has 0 atom stereocenters. The van der Waals surface area contributed by atoms with E-state index in [2.05, 4.69) is 0 Å². The molecule has 2 fully saturated rings. The highest BCUT2D eigenvalue weighted by Crippen LogP contribution is 2.38. The average Bonchev–Trinajstić information content (AvgIpc) is 2.72. The van der Waals surface area contributed by atoms with Gasteiger partial charge in [0, 0.05) is 38.7 Å². The SMILES string of the molecule is O=C1CCCCC(=O)OC(O)(C2(CCCCO)OC(=O)CCCCC(=O)O2)O1. The summed E-state index contributed by atoms with van der Waals surface area (Å²) >= 11 is 0. The van der Waals surface area contributed by atoms with Crippen LogP contribution in [0.25, 0.3) is 0 Å². The number of hydrogen-bond acceptors (Lipinski definition) is 10. The molecule has 0 radical (unpaired) electrons. The van der Waals surface area contributed by atoms with Gasteiger partial charge in [-0.05, 0) is 38.5 Å². The fraction of sp³-hybridized carbons (Fsp3) is 0.778. The van der Waals surface area contributed by atoms with Gasteiger partial charge < -0.3 is 29.2 Å². The smallest absolute Gasteiger partial charge is 0.412 e. The Morgan fingerprint density at radius 1 is 0.679 bits per heavy atom. The molecule has 0 aliphatic carbocycles. The van der Waals surface area contributed by atoms with Gasteiger partial charge in [-0.2, -0.15) is 0 Å². The van der Waals surface area contributed by atoms with Gasteiger partial charge in [-0.3, -0.25) is 19.2 Å². The molecule has 0 saturated carbocycles. The van der Waals surface area contributed by atoms with Crippen molar-refractivity contribution in [3.63, 3.8) is 0 Å². The minimum Gasteiger partial charge on any atom is -0.412 e. The molecule has 0 aromatic heterocycles. The molecule has 10 nitrogen and oxygen atoms in total. The third kappa shape index (κ3) is 5.65. The Labute approximate surface area is 162 Å². The summed E-state index contributed by atoms with van der Waals surface area (Å²) < 4.78 is 20.6. The van der Waals surface area contributed by atoms with Gasteiger partial charge in [0.1, 0.15) is 0 Å². The summed E-state index contributed by atoms with van der Waals surface area (Å²) in [6.45, 7) is -0.212. The second-order valence-corrected chi connectivity index (χ2v) is 6.83. The van der Waals surface area contributed by atoms with Crippen LogP contribution in [0.1, 0.15) is 70.6 Å². The molecule has 158 valence electrons. The summed E-state index contributed by atoms with van der Waals surface area (Å²) in [5.41, 5.74) is 0. The molecule has 0 aromatic carbocycles. The average molecular weight is 402 g/mol. The van der Waals surface area contributed by atoms with Crippen molar-refractivity contribution in [3.05, 3.63) is 0 Å². The Hall–Kier alpha value is -2.20. The van der Waals surface area contributed by atoms with Gasteiger partial charge in [0.05, 0.1) is 0 Å². The highest BCUT2D eigenvalue weighted by Gasteiger charge is 2.65. The third-order valence-electron chi connectivity index (χ3n) is 4.48. The summed E-state index contributed by atoms with van der Waals surface area (Å²) in [5, 5.41) is 20.1. The summed E-state index contributed by atoms with van der Waals surface area (Å²) in [5.74, 6) is -9.10. The van der Waals surface area contributed by atoms with Crippen LogP contribution >= 0.6 is 0 Å². The first kappa shape index (κ1) is 22.1. The van der Waals surface area contributed by atoms with E-state index >= 15 is 0 Å². The first-order valence-corrected chi connectivity index (χ1v) is 9.51. The van der Waals surface area contributed by atoms with Crippen molar-refractivity contribution in [1.29, 1.82) is 0 Å². The van der Waals surface area contributed by atoms with E-state index in [-0.39, 0.29) is 51.6 Å². The van der Waals surface area contributed by atoms with Crippen molar-refractivity contribution >= 4 is 23.9 Å². The molecule has 28 heavy (non-hydrogen) atoms. The lowest BCUT2D eigenvalue weighted by molar-refractivity contribution is -0.443. The molecule has 2 rings (SSSR count). The molecular weight excluding hydrogens is 376 g/mol. The standard InChI is InChI=1S/C18H26O10/c19-12-6-5-11-17(25-13(20)7-1-2-8-14(21)26-17)18(24)27-15(22)9-3-4-10-16(23)28-18/h19,24H,1-12H2.